The first-order valence-corrected chi connectivity index (χ1v) is 8.51. The Bertz CT molecular complexity index is 299. The third-order valence-electron chi connectivity index (χ3n) is 3.91. The molecule has 118 valence electrons. The van der Waals surface area contributed by atoms with E-state index in [0.717, 1.165) is 37.6 Å². The molecule has 2 rings (SSSR count). The van der Waals surface area contributed by atoms with Gasteiger partial charge in [-0.05, 0) is 12.3 Å². The summed E-state index contributed by atoms with van der Waals surface area (Å²) >= 11 is 1.93. The summed E-state index contributed by atoms with van der Waals surface area (Å²) in [4.78, 5) is 11.9. The minimum Gasteiger partial charge on any atom is -0.378 e. The molecule has 2 fully saturated rings. The van der Waals surface area contributed by atoms with Crippen LogP contribution >= 0.6 is 24.2 Å². The van der Waals surface area contributed by atoms with Crippen molar-refractivity contribution in [3.8, 4) is 0 Å². The quantitative estimate of drug-likeness (QED) is 0.808. The summed E-state index contributed by atoms with van der Waals surface area (Å²) in [5.74, 6) is 3.40. The Morgan fingerprint density at radius 3 is 2.95 bits per heavy atom. The second kappa shape index (κ2) is 9.13. The molecule has 2 heterocycles. The Morgan fingerprint density at radius 2 is 2.30 bits per heavy atom. The van der Waals surface area contributed by atoms with E-state index in [-0.39, 0.29) is 18.3 Å². The van der Waals surface area contributed by atoms with E-state index in [0.29, 0.717) is 30.4 Å². The van der Waals surface area contributed by atoms with Crippen molar-refractivity contribution < 1.29 is 9.53 Å². The van der Waals surface area contributed by atoms with Gasteiger partial charge in [-0.25, -0.2) is 0 Å². The van der Waals surface area contributed by atoms with Crippen LogP contribution in [0.1, 0.15) is 26.7 Å². The number of carbonyl (C=O) groups is 1. The molecule has 2 aliphatic rings. The van der Waals surface area contributed by atoms with E-state index in [4.69, 9.17) is 4.74 Å². The fourth-order valence-electron chi connectivity index (χ4n) is 2.90. The number of hydrogen-bond donors (Lipinski definition) is 2. The van der Waals surface area contributed by atoms with Gasteiger partial charge in [-0.2, -0.15) is 11.8 Å². The minimum atomic E-state index is 0. The molecule has 4 nitrogen and oxygen atoms in total. The molecule has 0 aliphatic carbocycles. The van der Waals surface area contributed by atoms with Gasteiger partial charge in [0.15, 0.2) is 0 Å². The van der Waals surface area contributed by atoms with Gasteiger partial charge >= 0.3 is 0 Å². The van der Waals surface area contributed by atoms with Crippen LogP contribution in [0.25, 0.3) is 0 Å². The van der Waals surface area contributed by atoms with E-state index in [1.165, 1.54) is 0 Å². The predicted octanol–water partition coefficient (Wildman–Crippen LogP) is 1.68. The third-order valence-corrected chi connectivity index (χ3v) is 5.04. The Balaban J connectivity index is 0.00000200. The number of halogens is 1. The van der Waals surface area contributed by atoms with E-state index in [1.54, 1.807) is 0 Å². The number of carbonyl (C=O) groups excluding carboxylic acids is 1. The molecule has 0 saturated carbocycles. The number of rotatable bonds is 5. The lowest BCUT2D eigenvalue weighted by atomic mass is 9.93. The molecule has 3 unspecified atom stereocenters. The summed E-state index contributed by atoms with van der Waals surface area (Å²) in [5.41, 5.74) is 0. The van der Waals surface area contributed by atoms with Crippen molar-refractivity contribution in [2.75, 3.05) is 31.2 Å². The SMILES string of the molecule is CC(C)C1OCCC1CNC(=O)CC1CSCCN1.Cl. The average molecular weight is 323 g/mol. The average Bonchev–Trinajstić information content (AvgIpc) is 2.86. The summed E-state index contributed by atoms with van der Waals surface area (Å²) in [6, 6.07) is 0.347. The highest BCUT2D eigenvalue weighted by Crippen LogP contribution is 2.26. The fraction of sp³-hybridized carbons (Fsp3) is 0.929. The highest BCUT2D eigenvalue weighted by Gasteiger charge is 2.30. The van der Waals surface area contributed by atoms with Crippen molar-refractivity contribution in [2.45, 2.75) is 38.8 Å². The molecule has 0 aromatic rings. The van der Waals surface area contributed by atoms with Gasteiger partial charge in [-0.3, -0.25) is 4.79 Å². The van der Waals surface area contributed by atoms with Gasteiger partial charge in [0.2, 0.25) is 5.91 Å². The molecule has 1 amide bonds. The molecule has 2 saturated heterocycles. The molecular weight excluding hydrogens is 296 g/mol. The van der Waals surface area contributed by atoms with E-state index in [9.17, 15) is 4.79 Å². The maximum absolute atomic E-state index is 11.9. The van der Waals surface area contributed by atoms with Crippen LogP contribution in [0.15, 0.2) is 0 Å². The standard InChI is InChI=1S/C14H26N2O2S.ClH/c1-10(2)14-11(3-5-18-14)8-16-13(17)7-12-9-19-6-4-15-12;/h10-12,14-15H,3-9H2,1-2H3,(H,16,17);1H. The van der Waals surface area contributed by atoms with Gasteiger partial charge in [0.1, 0.15) is 0 Å². The van der Waals surface area contributed by atoms with Gasteiger partial charge in [0.05, 0.1) is 6.10 Å². The second-order valence-electron chi connectivity index (χ2n) is 5.86. The monoisotopic (exact) mass is 322 g/mol. The van der Waals surface area contributed by atoms with Crippen molar-refractivity contribution in [1.82, 2.24) is 10.6 Å². The maximum atomic E-state index is 11.9. The minimum absolute atomic E-state index is 0. The summed E-state index contributed by atoms with van der Waals surface area (Å²) < 4.78 is 5.74. The van der Waals surface area contributed by atoms with Crippen molar-refractivity contribution in [3.05, 3.63) is 0 Å². The van der Waals surface area contributed by atoms with Gasteiger partial charge in [0, 0.05) is 49.6 Å². The van der Waals surface area contributed by atoms with Crippen molar-refractivity contribution in [1.29, 1.82) is 0 Å². The summed E-state index contributed by atoms with van der Waals surface area (Å²) in [6.45, 7) is 7.00. The Kier molecular flexibility index (Phi) is 8.25. The normalized spacial score (nSPS) is 30.1. The highest BCUT2D eigenvalue weighted by molar-refractivity contribution is 7.99. The van der Waals surface area contributed by atoms with Crippen LogP contribution in [-0.4, -0.2) is 49.3 Å². The van der Waals surface area contributed by atoms with Crippen molar-refractivity contribution >= 4 is 30.1 Å². The van der Waals surface area contributed by atoms with Crippen LogP contribution < -0.4 is 10.6 Å². The highest BCUT2D eigenvalue weighted by atomic mass is 35.5. The van der Waals surface area contributed by atoms with E-state index in [1.807, 2.05) is 11.8 Å². The molecule has 3 atom stereocenters. The zero-order valence-electron chi connectivity index (χ0n) is 12.4. The largest absolute Gasteiger partial charge is 0.378 e. The molecule has 20 heavy (non-hydrogen) atoms. The predicted molar refractivity (Wildman–Crippen MR) is 86.7 cm³/mol. The molecule has 0 radical (unpaired) electrons. The first-order valence-electron chi connectivity index (χ1n) is 7.36. The smallest absolute Gasteiger partial charge is 0.221 e. The number of ether oxygens (including phenoxy) is 1. The topological polar surface area (TPSA) is 50.4 Å². The van der Waals surface area contributed by atoms with Crippen LogP contribution in [0.3, 0.4) is 0 Å². The third kappa shape index (κ3) is 5.43. The fourth-order valence-corrected chi connectivity index (χ4v) is 3.85. The molecule has 2 N–H and O–H groups in total. The number of amides is 1. The van der Waals surface area contributed by atoms with Crippen LogP contribution in [0.2, 0.25) is 0 Å². The van der Waals surface area contributed by atoms with Gasteiger partial charge < -0.3 is 15.4 Å². The van der Waals surface area contributed by atoms with Crippen LogP contribution in [0, 0.1) is 11.8 Å². The zero-order chi connectivity index (χ0) is 13.7. The molecule has 0 aromatic carbocycles. The number of thioether (sulfide) groups is 1. The van der Waals surface area contributed by atoms with Gasteiger partial charge in [-0.15, -0.1) is 12.4 Å². The molecule has 0 bridgehead atoms. The molecular formula is C14H27ClN2O2S. The van der Waals surface area contributed by atoms with Crippen molar-refractivity contribution in [2.24, 2.45) is 11.8 Å². The lowest BCUT2D eigenvalue weighted by molar-refractivity contribution is -0.121. The number of nitrogens with one attached hydrogen (secondary N) is 2. The lowest BCUT2D eigenvalue weighted by Gasteiger charge is -2.24. The second-order valence-corrected chi connectivity index (χ2v) is 7.01. The maximum Gasteiger partial charge on any atom is 0.221 e. The van der Waals surface area contributed by atoms with Crippen molar-refractivity contribution in [3.63, 3.8) is 0 Å². The van der Waals surface area contributed by atoms with E-state index >= 15 is 0 Å². The van der Waals surface area contributed by atoms with Crippen LogP contribution in [0.5, 0.6) is 0 Å². The summed E-state index contributed by atoms with van der Waals surface area (Å²) in [7, 11) is 0. The first kappa shape index (κ1) is 18.1. The lowest BCUT2D eigenvalue weighted by Crippen LogP contribution is -2.42. The van der Waals surface area contributed by atoms with Crippen LogP contribution in [-0.2, 0) is 9.53 Å². The van der Waals surface area contributed by atoms with Gasteiger partial charge in [-0.1, -0.05) is 13.8 Å². The van der Waals surface area contributed by atoms with Gasteiger partial charge in [0.25, 0.3) is 0 Å². The zero-order valence-corrected chi connectivity index (χ0v) is 14.0. The molecule has 0 aromatic heterocycles. The first-order chi connectivity index (χ1) is 9.16. The van der Waals surface area contributed by atoms with E-state index in [2.05, 4.69) is 24.5 Å². The summed E-state index contributed by atoms with van der Waals surface area (Å²) in [6.07, 6.45) is 1.98. The van der Waals surface area contributed by atoms with E-state index < -0.39 is 0 Å². The summed E-state index contributed by atoms with van der Waals surface area (Å²) in [5, 5.41) is 6.49. The van der Waals surface area contributed by atoms with Crippen LogP contribution in [0.4, 0.5) is 0 Å². The molecule has 6 heteroatoms. The Morgan fingerprint density at radius 1 is 1.50 bits per heavy atom. The molecule has 2 aliphatic heterocycles. The Labute approximate surface area is 132 Å². The Hall–Kier alpha value is 0.0300. The molecule has 0 spiro atoms. The number of hydrogen-bond acceptors (Lipinski definition) is 4.